The van der Waals surface area contributed by atoms with Gasteiger partial charge >= 0.3 is 18.3 Å². The number of carbonyl (C=O) groups excluding carboxylic acids is 1. The van der Waals surface area contributed by atoms with Crippen molar-refractivity contribution in [2.24, 2.45) is 0 Å². The molecule has 218 valence electrons. The summed E-state index contributed by atoms with van der Waals surface area (Å²) < 4.78 is 119. The second-order valence-electron chi connectivity index (χ2n) is 8.70. The van der Waals surface area contributed by atoms with Gasteiger partial charge in [-0.05, 0) is 37.3 Å². The van der Waals surface area contributed by atoms with Crippen LogP contribution in [0, 0.1) is 0 Å². The predicted octanol–water partition coefficient (Wildman–Crippen LogP) is 3.64. The van der Waals surface area contributed by atoms with Crippen LogP contribution in [0.1, 0.15) is 17.4 Å². The molecule has 18 heteroatoms. The number of anilines is 1. The number of halogens is 6. The summed E-state index contributed by atoms with van der Waals surface area (Å²) in [7, 11) is -3.83. The van der Waals surface area contributed by atoms with Gasteiger partial charge < -0.3 is 19.2 Å². The highest BCUT2D eigenvalue weighted by molar-refractivity contribution is 7.91. The van der Waals surface area contributed by atoms with E-state index in [0.717, 1.165) is 22.8 Å². The third kappa shape index (κ3) is 5.15. The van der Waals surface area contributed by atoms with Crippen molar-refractivity contribution in [3.05, 3.63) is 47.2 Å². The first-order chi connectivity index (χ1) is 18.5. The Kier molecular flexibility index (Phi) is 7.67. The minimum absolute atomic E-state index is 0.0297. The van der Waals surface area contributed by atoms with Crippen molar-refractivity contribution in [3.8, 4) is 11.5 Å². The van der Waals surface area contributed by atoms with Crippen molar-refractivity contribution in [1.82, 2.24) is 14.5 Å². The molecule has 0 bridgehead atoms. The zero-order chi connectivity index (χ0) is 29.7. The maximum absolute atomic E-state index is 13.9. The molecule has 0 amide bonds. The number of hydrogen-bond acceptors (Lipinski definition) is 10. The quantitative estimate of drug-likeness (QED) is 0.327. The smallest absolute Gasteiger partial charge is 0.433 e. The molecule has 3 aromatic rings. The lowest BCUT2D eigenvalue weighted by Gasteiger charge is -2.40. The molecule has 0 radical (unpaired) electrons. The normalized spacial score (nSPS) is 18.9. The molecule has 1 aliphatic rings. The summed E-state index contributed by atoms with van der Waals surface area (Å²) in [5, 5.41) is 17.2. The van der Waals surface area contributed by atoms with E-state index < -0.39 is 54.6 Å². The lowest BCUT2D eigenvalue weighted by molar-refractivity contribution is -0.265. The number of piperazine rings is 1. The Hall–Kier alpha value is -3.22. The van der Waals surface area contributed by atoms with Crippen LogP contribution in [0.15, 0.2) is 45.4 Å². The Balaban J connectivity index is 1.60. The van der Waals surface area contributed by atoms with Crippen LogP contribution in [-0.2, 0) is 31.3 Å². The molecule has 0 spiro atoms. The minimum atomic E-state index is -5.51. The van der Waals surface area contributed by atoms with Crippen LogP contribution in [0.25, 0.3) is 11.5 Å². The Bertz CT molecular complexity index is 1490. The number of sulfonamides is 1. The van der Waals surface area contributed by atoms with Crippen LogP contribution < -0.4 is 4.90 Å². The molecule has 2 aromatic heterocycles. The van der Waals surface area contributed by atoms with Gasteiger partial charge in [0, 0.05) is 36.9 Å². The minimum Gasteiger partial charge on any atom is -0.466 e. The van der Waals surface area contributed by atoms with E-state index in [1.54, 1.807) is 0 Å². The first-order valence-corrected chi connectivity index (χ1v) is 13.5. The summed E-state index contributed by atoms with van der Waals surface area (Å²) >= 11 is 0.0335. The number of thiophene rings is 1. The standard InChI is InChI=1S/C22H20F6N4O6S2/c1-12-10-31(15-4-3-13(18-30-29-11-38-18)9-14(15)21(23,24)25)7-8-32(12)40(35,36)17-6-5-16(39-17)20(34,19(33)37-2)22(26,27)28/h3-6,9,11-12,34H,7-8,10H2,1-2H3/t12-,20?/m1/s1. The third-order valence-electron chi connectivity index (χ3n) is 6.21. The van der Waals surface area contributed by atoms with Gasteiger partial charge in [0.05, 0.1) is 17.6 Å². The summed E-state index contributed by atoms with van der Waals surface area (Å²) in [5.74, 6) is -2.17. The fraction of sp³-hybridized carbons (Fsp3) is 0.409. The zero-order valence-corrected chi connectivity index (χ0v) is 22.2. The molecule has 4 rings (SSSR count). The number of hydrogen-bond donors (Lipinski definition) is 1. The zero-order valence-electron chi connectivity index (χ0n) is 20.5. The van der Waals surface area contributed by atoms with Gasteiger partial charge in [0.25, 0.3) is 15.6 Å². The highest BCUT2D eigenvalue weighted by Gasteiger charge is 2.63. The van der Waals surface area contributed by atoms with E-state index in [1.165, 1.54) is 24.0 Å². The van der Waals surface area contributed by atoms with Crippen LogP contribution in [-0.4, -0.2) is 73.0 Å². The van der Waals surface area contributed by atoms with Crippen molar-refractivity contribution in [3.63, 3.8) is 0 Å². The molecular formula is C22H20F6N4O6S2. The number of benzene rings is 1. The number of aliphatic hydroxyl groups is 1. The maximum atomic E-state index is 13.9. The lowest BCUT2D eigenvalue weighted by Crippen LogP contribution is -2.54. The van der Waals surface area contributed by atoms with Gasteiger partial charge in [0.15, 0.2) is 0 Å². The van der Waals surface area contributed by atoms with Gasteiger partial charge in [0.1, 0.15) is 4.21 Å². The Morgan fingerprint density at radius 1 is 1.15 bits per heavy atom. The van der Waals surface area contributed by atoms with Gasteiger partial charge in [0.2, 0.25) is 12.3 Å². The van der Waals surface area contributed by atoms with Crippen molar-refractivity contribution in [2.75, 3.05) is 31.6 Å². The fourth-order valence-corrected chi connectivity index (χ4v) is 7.41. The van der Waals surface area contributed by atoms with E-state index in [9.17, 15) is 44.7 Å². The first kappa shape index (κ1) is 29.8. The van der Waals surface area contributed by atoms with E-state index in [0.29, 0.717) is 13.2 Å². The first-order valence-electron chi connectivity index (χ1n) is 11.2. The molecule has 1 unspecified atom stereocenters. The monoisotopic (exact) mass is 614 g/mol. The third-order valence-corrected chi connectivity index (χ3v) is 9.88. The number of rotatable bonds is 6. The molecule has 0 saturated carbocycles. The summed E-state index contributed by atoms with van der Waals surface area (Å²) in [6.45, 7) is 0.757. The molecule has 10 nitrogen and oxygen atoms in total. The van der Waals surface area contributed by atoms with Gasteiger partial charge in [-0.15, -0.1) is 21.5 Å². The number of methoxy groups -OCH3 is 1. The van der Waals surface area contributed by atoms with Crippen LogP contribution in [0.5, 0.6) is 0 Å². The van der Waals surface area contributed by atoms with Gasteiger partial charge in [-0.3, -0.25) is 0 Å². The van der Waals surface area contributed by atoms with E-state index >= 15 is 0 Å². The maximum Gasteiger partial charge on any atom is 0.433 e. The topological polar surface area (TPSA) is 126 Å². The summed E-state index contributed by atoms with van der Waals surface area (Å²) in [5.41, 5.74) is -5.29. The summed E-state index contributed by atoms with van der Waals surface area (Å²) in [6, 6.07) is 3.95. The second kappa shape index (κ2) is 10.3. The average Bonchev–Trinajstić information content (AvgIpc) is 3.59. The van der Waals surface area contributed by atoms with Gasteiger partial charge in [-0.25, -0.2) is 13.2 Å². The Morgan fingerprint density at radius 2 is 1.85 bits per heavy atom. The predicted molar refractivity (Wildman–Crippen MR) is 127 cm³/mol. The summed E-state index contributed by atoms with van der Waals surface area (Å²) in [6.07, 6.45) is -9.33. The molecule has 2 atom stereocenters. The molecule has 1 fully saturated rings. The number of aromatic nitrogens is 2. The SMILES string of the molecule is COC(=O)C(O)(c1ccc(S(=O)(=O)N2CCN(c3ccc(-c4nnco4)cc3C(F)(F)F)C[C@H]2C)s1)C(F)(F)F. The van der Waals surface area contributed by atoms with E-state index in [2.05, 4.69) is 14.9 Å². The molecule has 1 saturated heterocycles. The number of ether oxygens (including phenoxy) is 1. The van der Waals surface area contributed by atoms with Crippen molar-refractivity contribution in [1.29, 1.82) is 0 Å². The Labute approximate surface area is 226 Å². The number of alkyl halides is 6. The van der Waals surface area contributed by atoms with E-state index in [4.69, 9.17) is 4.42 Å². The average molecular weight is 615 g/mol. The lowest BCUT2D eigenvalue weighted by atomic mass is 10.0. The van der Waals surface area contributed by atoms with Crippen molar-refractivity contribution < 1.29 is 53.8 Å². The number of esters is 1. The van der Waals surface area contributed by atoms with Crippen LogP contribution in [0.2, 0.25) is 0 Å². The highest BCUT2D eigenvalue weighted by atomic mass is 32.2. The highest BCUT2D eigenvalue weighted by Crippen LogP contribution is 2.44. The summed E-state index contributed by atoms with van der Waals surface area (Å²) in [4.78, 5) is 12.1. The molecular weight excluding hydrogens is 594 g/mol. The Morgan fingerprint density at radius 3 is 2.40 bits per heavy atom. The van der Waals surface area contributed by atoms with E-state index in [-0.39, 0.29) is 48.1 Å². The molecule has 40 heavy (non-hydrogen) atoms. The van der Waals surface area contributed by atoms with Crippen LogP contribution >= 0.6 is 11.3 Å². The van der Waals surface area contributed by atoms with Crippen LogP contribution in [0.3, 0.4) is 0 Å². The second-order valence-corrected chi connectivity index (χ2v) is 11.9. The van der Waals surface area contributed by atoms with Gasteiger partial charge in [-0.2, -0.15) is 30.6 Å². The van der Waals surface area contributed by atoms with Crippen molar-refractivity contribution in [2.45, 2.75) is 35.1 Å². The molecule has 0 aliphatic carbocycles. The molecule has 1 aliphatic heterocycles. The molecule has 3 heterocycles. The number of carbonyl (C=O) groups is 1. The number of nitrogens with zero attached hydrogens (tertiary/aromatic N) is 4. The molecule has 1 aromatic carbocycles. The van der Waals surface area contributed by atoms with Crippen molar-refractivity contribution >= 4 is 33.0 Å². The van der Waals surface area contributed by atoms with Crippen LogP contribution in [0.4, 0.5) is 32.0 Å². The largest absolute Gasteiger partial charge is 0.466 e. The van der Waals surface area contributed by atoms with E-state index in [1.807, 2.05) is 0 Å². The molecule has 1 N–H and O–H groups in total. The fourth-order valence-electron chi connectivity index (χ4n) is 4.26. The van der Waals surface area contributed by atoms with Gasteiger partial charge in [-0.1, -0.05) is 0 Å².